The quantitative estimate of drug-likeness (QED) is 0.665. The third kappa shape index (κ3) is 5.89. The van der Waals surface area contributed by atoms with Gasteiger partial charge in [0.2, 0.25) is 11.8 Å². The maximum atomic E-state index is 13.6. The van der Waals surface area contributed by atoms with Gasteiger partial charge in [-0.1, -0.05) is 55.7 Å². The maximum absolute atomic E-state index is 13.6. The van der Waals surface area contributed by atoms with Crippen molar-refractivity contribution in [1.29, 1.82) is 0 Å². The van der Waals surface area contributed by atoms with E-state index in [1.54, 1.807) is 17.3 Å². The Bertz CT molecular complexity index is 983. The monoisotopic (exact) mass is 477 g/mol. The molecular weight excluding hydrogens is 442 g/mol. The van der Waals surface area contributed by atoms with Crippen LogP contribution in [0.5, 0.6) is 0 Å². The molecule has 0 radical (unpaired) electrons. The number of nitrogens with zero attached hydrogens (tertiary/aromatic N) is 3. The second-order valence-corrected chi connectivity index (χ2v) is 9.89. The first-order chi connectivity index (χ1) is 17.2. The Kier molecular flexibility index (Phi) is 7.71. The first kappa shape index (κ1) is 23.9. The van der Waals surface area contributed by atoms with Crippen LogP contribution in [0.3, 0.4) is 0 Å². The lowest BCUT2D eigenvalue weighted by Crippen LogP contribution is -2.49. The highest BCUT2D eigenvalue weighted by molar-refractivity contribution is 5.88. The van der Waals surface area contributed by atoms with Crippen LogP contribution in [-0.2, 0) is 20.9 Å². The summed E-state index contributed by atoms with van der Waals surface area (Å²) in [5, 5.41) is 0. The van der Waals surface area contributed by atoms with Crippen molar-refractivity contribution in [3.8, 4) is 0 Å². The molecule has 2 amide bonds. The van der Waals surface area contributed by atoms with Crippen LogP contribution in [0.1, 0.15) is 55.7 Å². The van der Waals surface area contributed by atoms with Crippen molar-refractivity contribution in [3.05, 3.63) is 66.0 Å². The number of amides is 2. The van der Waals surface area contributed by atoms with Gasteiger partial charge in [0, 0.05) is 37.6 Å². The number of nitrogens with one attached hydrogen (secondary N) is 2. The lowest BCUT2D eigenvalue weighted by molar-refractivity contribution is -0.141. The zero-order chi connectivity index (χ0) is 24.0. The summed E-state index contributed by atoms with van der Waals surface area (Å²) in [6, 6.07) is 13.9. The van der Waals surface area contributed by atoms with Crippen LogP contribution >= 0.6 is 0 Å². The predicted molar refractivity (Wildman–Crippen MR) is 132 cm³/mol. The average molecular weight is 478 g/mol. The Balaban J connectivity index is 1.29. The summed E-state index contributed by atoms with van der Waals surface area (Å²) >= 11 is 0. The van der Waals surface area contributed by atoms with E-state index in [1.807, 2.05) is 35.2 Å². The van der Waals surface area contributed by atoms with E-state index >= 15 is 0 Å². The molecule has 8 heteroatoms. The molecular formula is C27H35N5O3. The van der Waals surface area contributed by atoms with Gasteiger partial charge in [-0.05, 0) is 36.5 Å². The van der Waals surface area contributed by atoms with Gasteiger partial charge >= 0.3 is 0 Å². The summed E-state index contributed by atoms with van der Waals surface area (Å²) in [5.74, 6) is -0.0203. The normalized spacial score (nSPS) is 26.1. The van der Waals surface area contributed by atoms with Crippen molar-refractivity contribution in [2.75, 3.05) is 19.6 Å². The number of carbonyl (C=O) groups excluding carboxylic acids is 2. The second kappa shape index (κ2) is 11.3. The molecule has 2 N–H and O–H groups in total. The van der Waals surface area contributed by atoms with Crippen molar-refractivity contribution in [2.45, 2.75) is 69.4 Å². The predicted octanol–water partition coefficient (Wildman–Crippen LogP) is 2.58. The van der Waals surface area contributed by atoms with Crippen LogP contribution in [0.4, 0.5) is 0 Å². The molecule has 2 aliphatic heterocycles. The number of hydrogen-bond donors (Lipinski definition) is 2. The van der Waals surface area contributed by atoms with Crippen molar-refractivity contribution in [2.24, 2.45) is 0 Å². The average Bonchev–Trinajstić information content (AvgIpc) is 3.34. The SMILES string of the molecule is O=C(C1CC(c2ccccc2)NN1)N1CC(=O)N(C2CCCCC2)CC(OCc2cccnc2)C1. The van der Waals surface area contributed by atoms with E-state index in [4.69, 9.17) is 4.74 Å². The number of ether oxygens (including phenoxy) is 1. The van der Waals surface area contributed by atoms with Crippen molar-refractivity contribution >= 4 is 11.8 Å². The maximum Gasteiger partial charge on any atom is 0.242 e. The van der Waals surface area contributed by atoms with E-state index in [0.29, 0.717) is 26.1 Å². The summed E-state index contributed by atoms with van der Waals surface area (Å²) < 4.78 is 6.29. The van der Waals surface area contributed by atoms with Crippen molar-refractivity contribution in [3.63, 3.8) is 0 Å². The molecule has 1 aromatic carbocycles. The van der Waals surface area contributed by atoms with E-state index in [1.165, 1.54) is 6.42 Å². The number of hydrogen-bond acceptors (Lipinski definition) is 6. The molecule has 1 aliphatic carbocycles. The highest BCUT2D eigenvalue weighted by Crippen LogP contribution is 2.26. The fourth-order valence-corrected chi connectivity index (χ4v) is 5.50. The van der Waals surface area contributed by atoms with Gasteiger partial charge in [-0.2, -0.15) is 0 Å². The van der Waals surface area contributed by atoms with E-state index in [2.05, 4.69) is 28.0 Å². The van der Waals surface area contributed by atoms with Gasteiger partial charge in [0.1, 0.15) is 6.04 Å². The summed E-state index contributed by atoms with van der Waals surface area (Å²) in [5.41, 5.74) is 8.55. The van der Waals surface area contributed by atoms with E-state index in [9.17, 15) is 9.59 Å². The van der Waals surface area contributed by atoms with E-state index < -0.39 is 0 Å². The largest absolute Gasteiger partial charge is 0.370 e. The summed E-state index contributed by atoms with van der Waals surface area (Å²) in [6.07, 6.45) is 9.52. The molecule has 1 aromatic heterocycles. The molecule has 3 fully saturated rings. The lowest BCUT2D eigenvalue weighted by Gasteiger charge is -2.34. The number of aromatic nitrogens is 1. The van der Waals surface area contributed by atoms with Gasteiger partial charge in [-0.3, -0.25) is 14.6 Å². The van der Waals surface area contributed by atoms with E-state index in [0.717, 1.165) is 36.8 Å². The van der Waals surface area contributed by atoms with Crippen LogP contribution in [-0.4, -0.2) is 64.4 Å². The van der Waals surface area contributed by atoms with Gasteiger partial charge in [0.05, 0.1) is 19.3 Å². The molecule has 3 atom stereocenters. The second-order valence-electron chi connectivity index (χ2n) is 9.89. The summed E-state index contributed by atoms with van der Waals surface area (Å²) in [6.45, 7) is 1.45. The summed E-state index contributed by atoms with van der Waals surface area (Å²) in [4.78, 5) is 34.8. The number of pyridine rings is 1. The van der Waals surface area contributed by atoms with Gasteiger partial charge in [-0.25, -0.2) is 10.9 Å². The molecule has 2 saturated heterocycles. The zero-order valence-corrected chi connectivity index (χ0v) is 20.1. The molecule has 5 rings (SSSR count). The lowest BCUT2D eigenvalue weighted by atomic mass is 9.94. The molecule has 3 unspecified atom stereocenters. The number of benzene rings is 1. The van der Waals surface area contributed by atoms with Gasteiger partial charge in [0.25, 0.3) is 0 Å². The minimum Gasteiger partial charge on any atom is -0.370 e. The summed E-state index contributed by atoms with van der Waals surface area (Å²) in [7, 11) is 0. The molecule has 3 aliphatic rings. The van der Waals surface area contributed by atoms with Crippen molar-refractivity contribution < 1.29 is 14.3 Å². The van der Waals surface area contributed by atoms with Crippen LogP contribution < -0.4 is 10.9 Å². The molecule has 2 aromatic rings. The molecule has 186 valence electrons. The number of hydrazine groups is 1. The Hall–Kier alpha value is -2.81. The standard InChI is InChI=1S/C27H35N5O3/c33-26-18-31(27(34)25-14-24(29-30-25)21-9-3-1-4-10-21)16-23(35-19-20-8-7-13-28-15-20)17-32(26)22-11-5-2-6-12-22/h1,3-4,7-10,13,15,22-25,29-30H,2,5-6,11-12,14,16-19H2. The molecule has 1 saturated carbocycles. The zero-order valence-electron chi connectivity index (χ0n) is 20.1. The molecule has 3 heterocycles. The van der Waals surface area contributed by atoms with Crippen LogP contribution in [0, 0.1) is 0 Å². The molecule has 0 bridgehead atoms. The smallest absolute Gasteiger partial charge is 0.242 e. The third-order valence-corrected chi connectivity index (χ3v) is 7.41. The first-order valence-corrected chi connectivity index (χ1v) is 12.8. The third-order valence-electron chi connectivity index (χ3n) is 7.41. The Labute approximate surface area is 207 Å². The van der Waals surface area contributed by atoms with Gasteiger partial charge < -0.3 is 14.5 Å². The topological polar surface area (TPSA) is 86.8 Å². The van der Waals surface area contributed by atoms with Gasteiger partial charge in [-0.15, -0.1) is 0 Å². The number of rotatable bonds is 6. The van der Waals surface area contributed by atoms with Crippen LogP contribution in [0.25, 0.3) is 0 Å². The van der Waals surface area contributed by atoms with Crippen LogP contribution in [0.2, 0.25) is 0 Å². The molecule has 8 nitrogen and oxygen atoms in total. The Morgan fingerprint density at radius 3 is 2.63 bits per heavy atom. The Morgan fingerprint density at radius 1 is 1.03 bits per heavy atom. The van der Waals surface area contributed by atoms with Gasteiger partial charge in [0.15, 0.2) is 0 Å². The highest BCUT2D eigenvalue weighted by atomic mass is 16.5. The molecule has 0 spiro atoms. The fourth-order valence-electron chi connectivity index (χ4n) is 5.50. The fraction of sp³-hybridized carbons (Fsp3) is 0.519. The minimum absolute atomic E-state index is 0.0308. The Morgan fingerprint density at radius 2 is 1.86 bits per heavy atom. The van der Waals surface area contributed by atoms with Crippen molar-refractivity contribution in [1.82, 2.24) is 25.6 Å². The van der Waals surface area contributed by atoms with E-state index in [-0.39, 0.29) is 42.6 Å². The first-order valence-electron chi connectivity index (χ1n) is 12.8. The number of carbonyl (C=O) groups is 2. The minimum atomic E-state index is -0.381. The van der Waals surface area contributed by atoms with Crippen LogP contribution in [0.15, 0.2) is 54.9 Å². The molecule has 35 heavy (non-hydrogen) atoms. The highest BCUT2D eigenvalue weighted by Gasteiger charge is 2.39.